The minimum Gasteiger partial charge on any atom is -0.375 e. The number of hydrazone groups is 1. The van der Waals surface area contributed by atoms with Crippen LogP contribution in [-0.2, 0) is 0 Å². The van der Waals surface area contributed by atoms with Crippen molar-refractivity contribution in [3.63, 3.8) is 0 Å². The number of fused-ring (bicyclic) bond motifs is 3. The molecule has 6 nitrogen and oxygen atoms in total. The predicted molar refractivity (Wildman–Crippen MR) is 115 cm³/mol. The van der Waals surface area contributed by atoms with Crippen molar-refractivity contribution < 1.29 is 0 Å². The van der Waals surface area contributed by atoms with Crippen molar-refractivity contribution in [3.05, 3.63) is 59.4 Å². The number of hydrogen-bond donors (Lipinski definition) is 5. The maximum absolute atomic E-state index is 6.16. The predicted octanol–water partition coefficient (Wildman–Crippen LogP) is 1.98. The van der Waals surface area contributed by atoms with Crippen LogP contribution in [0.15, 0.2) is 64.5 Å². The molecule has 2 aliphatic heterocycles. The average molecular weight is 381 g/mol. The molecule has 4 aliphatic rings. The molecule has 0 bridgehead atoms. The fourth-order valence-corrected chi connectivity index (χ4v) is 4.79. The lowest BCUT2D eigenvalue weighted by Gasteiger charge is -2.38. The minimum absolute atomic E-state index is 0.155. The van der Waals surface area contributed by atoms with Gasteiger partial charge in [-0.05, 0) is 61.9 Å². The van der Waals surface area contributed by atoms with Crippen LogP contribution in [0.25, 0.3) is 0 Å². The summed E-state index contributed by atoms with van der Waals surface area (Å²) in [5.74, 6) is 0.536. The molecular formula is C22H32N6. The van der Waals surface area contributed by atoms with Gasteiger partial charge in [-0.2, -0.15) is 5.10 Å². The van der Waals surface area contributed by atoms with Crippen molar-refractivity contribution in [2.24, 2.45) is 22.7 Å². The molecule has 2 aliphatic carbocycles. The molecule has 6 N–H and O–H groups in total. The Labute approximate surface area is 167 Å². The van der Waals surface area contributed by atoms with Gasteiger partial charge in [0.2, 0.25) is 0 Å². The van der Waals surface area contributed by atoms with E-state index >= 15 is 0 Å². The van der Waals surface area contributed by atoms with Crippen LogP contribution >= 0.6 is 0 Å². The number of hydrazine groups is 1. The van der Waals surface area contributed by atoms with Gasteiger partial charge in [-0.15, -0.1) is 6.58 Å². The summed E-state index contributed by atoms with van der Waals surface area (Å²) in [6.45, 7) is 3.94. The molecule has 0 saturated carbocycles. The number of allylic oxidation sites excluding steroid dienone is 3. The van der Waals surface area contributed by atoms with Gasteiger partial charge >= 0.3 is 0 Å². The summed E-state index contributed by atoms with van der Waals surface area (Å²) in [4.78, 5) is 0. The fourth-order valence-electron chi connectivity index (χ4n) is 4.79. The molecule has 0 spiro atoms. The first kappa shape index (κ1) is 19.2. The van der Waals surface area contributed by atoms with Crippen molar-refractivity contribution in [3.8, 4) is 0 Å². The summed E-state index contributed by atoms with van der Waals surface area (Å²) in [6, 6.07) is 0.568. The first-order valence-corrected chi connectivity index (χ1v) is 10.4. The molecule has 0 aromatic rings. The summed E-state index contributed by atoms with van der Waals surface area (Å²) in [7, 11) is 1.83. The zero-order chi connectivity index (χ0) is 19.5. The second-order valence-electron chi connectivity index (χ2n) is 7.96. The molecule has 0 amide bonds. The number of dihydropyridines is 1. The molecule has 2 heterocycles. The van der Waals surface area contributed by atoms with Gasteiger partial charge < -0.3 is 16.5 Å². The van der Waals surface area contributed by atoms with E-state index in [0.717, 1.165) is 6.42 Å². The Morgan fingerprint density at radius 1 is 1.39 bits per heavy atom. The Bertz CT molecular complexity index is 759. The van der Waals surface area contributed by atoms with E-state index in [1.165, 1.54) is 37.0 Å². The Morgan fingerprint density at radius 2 is 2.25 bits per heavy atom. The standard InChI is InChI=1S/C22H32N6/c1-3-14(22(23)28-24-2)7-6-10-18-15-8-4-5-9-16(15)21-17-13-25-27-19(17)11-12-20(21)26-18/h3,6,10-14,17-19,22,24,26-28H,1,4-5,7-9,23H2,2H3/b10-6+. The second kappa shape index (κ2) is 8.47. The van der Waals surface area contributed by atoms with Crippen molar-refractivity contribution in [2.75, 3.05) is 7.05 Å². The minimum atomic E-state index is -0.155. The van der Waals surface area contributed by atoms with E-state index in [1.54, 1.807) is 11.1 Å². The van der Waals surface area contributed by atoms with Crippen LogP contribution < -0.4 is 27.3 Å². The third kappa shape index (κ3) is 3.60. The first-order chi connectivity index (χ1) is 13.7. The van der Waals surface area contributed by atoms with Gasteiger partial charge in [0.15, 0.2) is 0 Å². The van der Waals surface area contributed by atoms with Gasteiger partial charge in [0.1, 0.15) is 0 Å². The lowest BCUT2D eigenvalue weighted by Crippen LogP contribution is -2.48. The van der Waals surface area contributed by atoms with E-state index in [0.29, 0.717) is 12.0 Å². The molecule has 5 unspecified atom stereocenters. The van der Waals surface area contributed by atoms with Crippen molar-refractivity contribution in [1.29, 1.82) is 0 Å². The maximum Gasteiger partial charge on any atom is 0.0745 e. The Balaban J connectivity index is 1.53. The second-order valence-corrected chi connectivity index (χ2v) is 7.96. The highest BCUT2D eigenvalue weighted by molar-refractivity contribution is 5.74. The van der Waals surface area contributed by atoms with Crippen LogP contribution in [-0.4, -0.2) is 31.5 Å². The molecule has 0 aromatic carbocycles. The van der Waals surface area contributed by atoms with Gasteiger partial charge in [-0.25, -0.2) is 5.43 Å². The molecule has 4 rings (SSSR count). The third-order valence-corrected chi connectivity index (χ3v) is 6.27. The van der Waals surface area contributed by atoms with Crippen LogP contribution in [0, 0.1) is 11.8 Å². The SMILES string of the molecule is C=CC(C/C=C/C1NC2=C(C3=C1CCCC3)C1C=NNC1C=C2)C(N)NNC. The number of nitrogens with one attached hydrogen (secondary N) is 4. The van der Waals surface area contributed by atoms with Gasteiger partial charge in [-0.3, -0.25) is 5.43 Å². The van der Waals surface area contributed by atoms with E-state index in [9.17, 15) is 0 Å². The summed E-state index contributed by atoms with van der Waals surface area (Å²) in [5.41, 5.74) is 21.2. The number of nitrogens with two attached hydrogens (primary N) is 1. The van der Waals surface area contributed by atoms with E-state index in [4.69, 9.17) is 5.73 Å². The van der Waals surface area contributed by atoms with Gasteiger partial charge in [0, 0.05) is 23.7 Å². The molecule has 5 atom stereocenters. The molecule has 0 saturated heterocycles. The normalized spacial score (nSPS) is 30.4. The summed E-state index contributed by atoms with van der Waals surface area (Å²) in [6.07, 6.45) is 18.6. The molecule has 0 radical (unpaired) electrons. The summed E-state index contributed by atoms with van der Waals surface area (Å²) in [5, 5.41) is 8.12. The highest BCUT2D eigenvalue weighted by atomic mass is 15.4. The van der Waals surface area contributed by atoms with E-state index in [1.807, 2.05) is 13.1 Å². The van der Waals surface area contributed by atoms with Crippen molar-refractivity contribution >= 4 is 6.21 Å². The van der Waals surface area contributed by atoms with Crippen LogP contribution in [0.2, 0.25) is 0 Å². The Morgan fingerprint density at radius 3 is 3.07 bits per heavy atom. The molecule has 150 valence electrons. The van der Waals surface area contributed by atoms with E-state index < -0.39 is 0 Å². The zero-order valence-electron chi connectivity index (χ0n) is 16.6. The van der Waals surface area contributed by atoms with Crippen molar-refractivity contribution in [2.45, 2.75) is 50.4 Å². The smallest absolute Gasteiger partial charge is 0.0745 e. The molecular weight excluding hydrogens is 348 g/mol. The number of rotatable bonds is 7. The fraction of sp³-hybridized carbons (Fsp3) is 0.500. The van der Waals surface area contributed by atoms with Crippen LogP contribution in [0.4, 0.5) is 0 Å². The van der Waals surface area contributed by atoms with E-state index in [2.05, 4.69) is 63.8 Å². The average Bonchev–Trinajstić information content (AvgIpc) is 3.20. The maximum atomic E-state index is 6.16. The van der Waals surface area contributed by atoms with Gasteiger partial charge in [0.05, 0.1) is 18.2 Å². The largest absolute Gasteiger partial charge is 0.375 e. The summed E-state index contributed by atoms with van der Waals surface area (Å²) < 4.78 is 0. The van der Waals surface area contributed by atoms with Gasteiger partial charge in [0.25, 0.3) is 0 Å². The molecule has 28 heavy (non-hydrogen) atoms. The lowest BCUT2D eigenvalue weighted by molar-refractivity contribution is 0.385. The monoisotopic (exact) mass is 380 g/mol. The lowest BCUT2D eigenvalue weighted by atomic mass is 9.73. The summed E-state index contributed by atoms with van der Waals surface area (Å²) >= 11 is 0. The Hall–Kier alpha value is -2.15. The van der Waals surface area contributed by atoms with E-state index in [-0.39, 0.29) is 18.1 Å². The first-order valence-electron chi connectivity index (χ1n) is 10.4. The Kier molecular flexibility index (Phi) is 5.80. The van der Waals surface area contributed by atoms with Gasteiger partial charge in [-0.1, -0.05) is 24.3 Å². The highest BCUT2D eigenvalue weighted by Gasteiger charge is 2.37. The molecule has 0 fully saturated rings. The molecule has 0 aromatic heterocycles. The van der Waals surface area contributed by atoms with Crippen LogP contribution in [0.1, 0.15) is 32.1 Å². The number of nitrogens with zero attached hydrogens (tertiary/aromatic N) is 1. The van der Waals surface area contributed by atoms with Crippen molar-refractivity contribution in [1.82, 2.24) is 21.6 Å². The highest BCUT2D eigenvalue weighted by Crippen LogP contribution is 2.42. The van der Waals surface area contributed by atoms with Crippen LogP contribution in [0.3, 0.4) is 0 Å². The third-order valence-electron chi connectivity index (χ3n) is 6.27. The topological polar surface area (TPSA) is 86.5 Å². The number of hydrogen-bond acceptors (Lipinski definition) is 6. The molecule has 6 heteroatoms. The van der Waals surface area contributed by atoms with Crippen LogP contribution in [0.5, 0.6) is 0 Å². The zero-order valence-corrected chi connectivity index (χ0v) is 16.6. The quantitative estimate of drug-likeness (QED) is 0.265.